The van der Waals surface area contributed by atoms with Gasteiger partial charge in [0.05, 0.1) is 6.61 Å². The van der Waals surface area contributed by atoms with Crippen LogP contribution < -0.4 is 15.4 Å². The molecule has 2 aromatic rings. The van der Waals surface area contributed by atoms with Crippen molar-refractivity contribution < 1.29 is 14.3 Å². The van der Waals surface area contributed by atoms with Crippen LogP contribution >= 0.6 is 0 Å². The van der Waals surface area contributed by atoms with E-state index in [-0.39, 0.29) is 11.8 Å². The Morgan fingerprint density at radius 1 is 0.964 bits per heavy atom. The molecule has 2 amide bonds. The Labute approximate surface area is 167 Å². The predicted molar refractivity (Wildman–Crippen MR) is 114 cm³/mol. The van der Waals surface area contributed by atoms with Crippen LogP contribution in [-0.4, -0.2) is 18.4 Å². The minimum absolute atomic E-state index is 0.0356. The molecule has 0 fully saturated rings. The van der Waals surface area contributed by atoms with Crippen molar-refractivity contribution >= 4 is 23.2 Å². The van der Waals surface area contributed by atoms with Crippen LogP contribution in [0.15, 0.2) is 42.5 Å². The van der Waals surface area contributed by atoms with Crippen molar-refractivity contribution in [3.05, 3.63) is 53.6 Å². The summed E-state index contributed by atoms with van der Waals surface area (Å²) in [5.41, 5.74) is 3.18. The average Bonchev–Trinajstić information content (AvgIpc) is 2.62. The van der Waals surface area contributed by atoms with Crippen LogP contribution in [0, 0.1) is 19.3 Å². The summed E-state index contributed by atoms with van der Waals surface area (Å²) in [7, 11) is 0. The van der Waals surface area contributed by atoms with Gasteiger partial charge in [-0.05, 0) is 68.1 Å². The van der Waals surface area contributed by atoms with Crippen LogP contribution in [0.1, 0.15) is 44.7 Å². The first-order valence-electron chi connectivity index (χ1n) is 9.56. The zero-order chi connectivity index (χ0) is 20.7. The van der Waals surface area contributed by atoms with Gasteiger partial charge in [0.15, 0.2) is 0 Å². The molecule has 2 aromatic carbocycles. The monoisotopic (exact) mass is 382 g/mol. The second-order valence-electron chi connectivity index (χ2n) is 7.82. The lowest BCUT2D eigenvalue weighted by molar-refractivity contribution is -0.124. The molecular weight excluding hydrogens is 352 g/mol. The van der Waals surface area contributed by atoms with Crippen molar-refractivity contribution in [2.24, 2.45) is 5.41 Å². The number of carbonyl (C=O) groups excluding carboxylic acids is 2. The average molecular weight is 383 g/mol. The highest BCUT2D eigenvalue weighted by atomic mass is 16.5. The predicted octanol–water partition coefficient (Wildman–Crippen LogP) is 5.09. The number of amides is 2. The normalized spacial score (nSPS) is 11.0. The molecule has 5 heteroatoms. The SMILES string of the molecule is CC(=O)Nc1ccc(NC(=O)C(C)(C)CCCOc2cc(C)ccc2C)cc1. The molecule has 0 aromatic heterocycles. The zero-order valence-corrected chi connectivity index (χ0v) is 17.4. The Bertz CT molecular complexity index is 826. The number of carbonyl (C=O) groups is 2. The first-order valence-corrected chi connectivity index (χ1v) is 9.56. The summed E-state index contributed by atoms with van der Waals surface area (Å²) in [6, 6.07) is 13.3. The van der Waals surface area contributed by atoms with Crippen molar-refractivity contribution in [3.8, 4) is 5.75 Å². The van der Waals surface area contributed by atoms with Crippen molar-refractivity contribution in [3.63, 3.8) is 0 Å². The van der Waals surface area contributed by atoms with Gasteiger partial charge in [-0.3, -0.25) is 9.59 Å². The third kappa shape index (κ3) is 6.41. The molecule has 0 saturated carbocycles. The molecule has 0 radical (unpaired) electrons. The fourth-order valence-electron chi connectivity index (χ4n) is 2.81. The third-order valence-electron chi connectivity index (χ3n) is 4.63. The second-order valence-corrected chi connectivity index (χ2v) is 7.82. The lowest BCUT2D eigenvalue weighted by Crippen LogP contribution is -2.31. The Hall–Kier alpha value is -2.82. The first-order chi connectivity index (χ1) is 13.2. The lowest BCUT2D eigenvalue weighted by atomic mass is 9.87. The Morgan fingerprint density at radius 3 is 2.18 bits per heavy atom. The maximum absolute atomic E-state index is 12.6. The first kappa shape index (κ1) is 21.5. The van der Waals surface area contributed by atoms with Crippen LogP contribution in [0.25, 0.3) is 0 Å². The molecule has 150 valence electrons. The van der Waals surface area contributed by atoms with E-state index in [1.54, 1.807) is 24.3 Å². The van der Waals surface area contributed by atoms with Crippen LogP contribution in [0.5, 0.6) is 5.75 Å². The molecule has 0 heterocycles. The highest BCUT2D eigenvalue weighted by Gasteiger charge is 2.27. The van der Waals surface area contributed by atoms with E-state index in [0.29, 0.717) is 24.4 Å². The van der Waals surface area contributed by atoms with Gasteiger partial charge in [-0.2, -0.15) is 0 Å². The molecular formula is C23H30N2O3. The van der Waals surface area contributed by atoms with E-state index >= 15 is 0 Å². The molecule has 2 N–H and O–H groups in total. The number of hydrogen-bond acceptors (Lipinski definition) is 3. The molecule has 0 bridgehead atoms. The lowest BCUT2D eigenvalue weighted by Gasteiger charge is -2.24. The Balaban J connectivity index is 1.83. The van der Waals surface area contributed by atoms with Crippen molar-refractivity contribution in [1.29, 1.82) is 0 Å². The van der Waals surface area contributed by atoms with E-state index in [1.165, 1.54) is 12.5 Å². The van der Waals surface area contributed by atoms with Crippen LogP contribution in [0.4, 0.5) is 11.4 Å². The molecule has 0 aliphatic rings. The molecule has 0 atom stereocenters. The fraction of sp³-hybridized carbons (Fsp3) is 0.391. The summed E-state index contributed by atoms with van der Waals surface area (Å²) in [5.74, 6) is 0.744. The highest BCUT2D eigenvalue weighted by Crippen LogP contribution is 2.26. The summed E-state index contributed by atoms with van der Waals surface area (Å²) < 4.78 is 5.89. The maximum Gasteiger partial charge on any atom is 0.230 e. The molecule has 2 rings (SSSR count). The molecule has 5 nitrogen and oxygen atoms in total. The van der Waals surface area contributed by atoms with Gasteiger partial charge >= 0.3 is 0 Å². The van der Waals surface area contributed by atoms with Crippen LogP contribution in [0.3, 0.4) is 0 Å². The van der Waals surface area contributed by atoms with Crippen LogP contribution in [0.2, 0.25) is 0 Å². The van der Waals surface area contributed by atoms with E-state index in [9.17, 15) is 9.59 Å². The maximum atomic E-state index is 12.6. The quantitative estimate of drug-likeness (QED) is 0.625. The van der Waals surface area contributed by atoms with Gasteiger partial charge in [-0.25, -0.2) is 0 Å². The molecule has 0 unspecified atom stereocenters. The van der Waals surface area contributed by atoms with Gasteiger partial charge in [0.25, 0.3) is 0 Å². The fourth-order valence-corrected chi connectivity index (χ4v) is 2.81. The minimum atomic E-state index is -0.513. The molecule has 28 heavy (non-hydrogen) atoms. The number of anilines is 2. The van der Waals surface area contributed by atoms with Crippen molar-refractivity contribution in [2.75, 3.05) is 17.2 Å². The molecule has 0 saturated heterocycles. The minimum Gasteiger partial charge on any atom is -0.493 e. The number of rotatable bonds is 8. The topological polar surface area (TPSA) is 67.4 Å². The Morgan fingerprint density at radius 2 is 1.57 bits per heavy atom. The number of ether oxygens (including phenoxy) is 1. The molecule has 0 spiro atoms. The van der Waals surface area contributed by atoms with Crippen molar-refractivity contribution in [2.45, 2.75) is 47.5 Å². The summed E-state index contributed by atoms with van der Waals surface area (Å²) in [6.07, 6.45) is 1.50. The van der Waals surface area contributed by atoms with Gasteiger partial charge in [-0.1, -0.05) is 26.0 Å². The smallest absolute Gasteiger partial charge is 0.230 e. The summed E-state index contributed by atoms with van der Waals surface area (Å²) in [5, 5.41) is 5.65. The van der Waals surface area contributed by atoms with Gasteiger partial charge in [0.1, 0.15) is 5.75 Å². The third-order valence-corrected chi connectivity index (χ3v) is 4.63. The number of benzene rings is 2. The van der Waals surface area contributed by atoms with Gasteiger partial charge in [-0.15, -0.1) is 0 Å². The summed E-state index contributed by atoms with van der Waals surface area (Å²) >= 11 is 0. The Kier molecular flexibility index (Phi) is 7.21. The standard InChI is InChI=1S/C23H30N2O3/c1-16-7-8-17(2)21(15-16)28-14-6-13-23(4,5)22(27)25-20-11-9-19(10-12-20)24-18(3)26/h7-12,15H,6,13-14H2,1-5H3,(H,24,26)(H,25,27). The number of nitrogens with one attached hydrogen (secondary N) is 2. The molecule has 0 aliphatic heterocycles. The van der Waals surface area contributed by atoms with E-state index in [0.717, 1.165) is 17.7 Å². The van der Waals surface area contributed by atoms with E-state index in [1.807, 2.05) is 33.8 Å². The van der Waals surface area contributed by atoms with Crippen molar-refractivity contribution in [1.82, 2.24) is 0 Å². The number of aryl methyl sites for hydroxylation is 2. The largest absolute Gasteiger partial charge is 0.493 e. The van der Waals surface area contributed by atoms with Gasteiger partial charge < -0.3 is 15.4 Å². The second kappa shape index (κ2) is 9.40. The summed E-state index contributed by atoms with van der Waals surface area (Å²) in [6.45, 7) is 9.98. The zero-order valence-electron chi connectivity index (χ0n) is 17.4. The van der Waals surface area contributed by atoms with Gasteiger partial charge in [0, 0.05) is 23.7 Å². The van der Waals surface area contributed by atoms with Crippen LogP contribution in [-0.2, 0) is 9.59 Å². The van der Waals surface area contributed by atoms with Gasteiger partial charge in [0.2, 0.25) is 11.8 Å². The van der Waals surface area contributed by atoms with E-state index in [2.05, 4.69) is 22.8 Å². The summed E-state index contributed by atoms with van der Waals surface area (Å²) in [4.78, 5) is 23.7. The number of hydrogen-bond donors (Lipinski definition) is 2. The molecule has 0 aliphatic carbocycles. The highest BCUT2D eigenvalue weighted by molar-refractivity contribution is 5.95. The van der Waals surface area contributed by atoms with E-state index in [4.69, 9.17) is 4.74 Å². The van der Waals surface area contributed by atoms with E-state index < -0.39 is 5.41 Å².